The van der Waals surface area contributed by atoms with Gasteiger partial charge in [-0.25, -0.2) is 0 Å². The van der Waals surface area contributed by atoms with Crippen molar-refractivity contribution in [3.05, 3.63) is 0 Å². The standard InChI is InChI=1S/C17H36O2/c1-5-6-7-8-9-10-11-12-13-14-15-18-17(4)19-16(2)3/h16-17H,5-15H2,1-4H3. The highest BCUT2D eigenvalue weighted by Crippen LogP contribution is 2.10. The van der Waals surface area contributed by atoms with Crippen molar-refractivity contribution in [2.24, 2.45) is 0 Å². The molecule has 1 atom stereocenters. The molecule has 0 rings (SSSR count). The Balaban J connectivity index is 3.06. The van der Waals surface area contributed by atoms with Gasteiger partial charge in [-0.2, -0.15) is 0 Å². The van der Waals surface area contributed by atoms with Crippen LogP contribution >= 0.6 is 0 Å². The molecule has 1 unspecified atom stereocenters. The number of ether oxygens (including phenoxy) is 2. The van der Waals surface area contributed by atoms with Crippen molar-refractivity contribution in [2.75, 3.05) is 6.61 Å². The summed E-state index contributed by atoms with van der Waals surface area (Å²) in [6.07, 6.45) is 13.9. The fraction of sp³-hybridized carbons (Fsp3) is 1.00. The molecule has 0 aliphatic rings. The van der Waals surface area contributed by atoms with Crippen LogP contribution in [0, 0.1) is 0 Å². The number of unbranched alkanes of at least 4 members (excludes halogenated alkanes) is 9. The van der Waals surface area contributed by atoms with Gasteiger partial charge in [0.15, 0.2) is 6.29 Å². The quantitative estimate of drug-likeness (QED) is 0.298. The predicted molar refractivity (Wildman–Crippen MR) is 83.5 cm³/mol. The molecule has 0 saturated carbocycles. The van der Waals surface area contributed by atoms with Gasteiger partial charge < -0.3 is 9.47 Å². The molecular weight excluding hydrogens is 236 g/mol. The highest BCUT2D eigenvalue weighted by molar-refractivity contribution is 4.47. The average molecular weight is 272 g/mol. The maximum atomic E-state index is 5.60. The summed E-state index contributed by atoms with van der Waals surface area (Å²) in [5.41, 5.74) is 0. The molecule has 0 spiro atoms. The number of hydrogen-bond acceptors (Lipinski definition) is 2. The van der Waals surface area contributed by atoms with Crippen molar-refractivity contribution in [3.8, 4) is 0 Å². The van der Waals surface area contributed by atoms with E-state index in [0.717, 1.165) is 6.61 Å². The fourth-order valence-electron chi connectivity index (χ4n) is 2.26. The molecule has 0 aliphatic carbocycles. The zero-order valence-corrected chi connectivity index (χ0v) is 13.7. The van der Waals surface area contributed by atoms with Crippen molar-refractivity contribution < 1.29 is 9.47 Å². The van der Waals surface area contributed by atoms with E-state index >= 15 is 0 Å². The molecule has 116 valence electrons. The van der Waals surface area contributed by atoms with E-state index in [-0.39, 0.29) is 12.4 Å². The molecule has 0 heterocycles. The van der Waals surface area contributed by atoms with Gasteiger partial charge in [0, 0.05) is 6.61 Å². The summed E-state index contributed by atoms with van der Waals surface area (Å²) in [5.74, 6) is 0. The second-order valence-corrected chi connectivity index (χ2v) is 5.81. The molecule has 0 N–H and O–H groups in total. The molecule has 2 heteroatoms. The lowest BCUT2D eigenvalue weighted by molar-refractivity contribution is -0.151. The third kappa shape index (κ3) is 15.9. The molecule has 0 aromatic heterocycles. The second kappa shape index (κ2) is 14.3. The Morgan fingerprint density at radius 2 is 1.16 bits per heavy atom. The predicted octanol–water partition coefficient (Wildman–Crippen LogP) is 5.69. The summed E-state index contributed by atoms with van der Waals surface area (Å²) in [7, 11) is 0. The van der Waals surface area contributed by atoms with Gasteiger partial charge in [0.1, 0.15) is 0 Å². The SMILES string of the molecule is CCCCCCCCCCCCOC(C)OC(C)C. The average Bonchev–Trinajstić information content (AvgIpc) is 2.35. The minimum atomic E-state index is -0.0569. The van der Waals surface area contributed by atoms with E-state index in [1.165, 1.54) is 64.2 Å². The minimum Gasteiger partial charge on any atom is -0.353 e. The normalized spacial score (nSPS) is 13.1. The monoisotopic (exact) mass is 272 g/mol. The first-order valence-electron chi connectivity index (χ1n) is 8.43. The first-order chi connectivity index (χ1) is 9.16. The van der Waals surface area contributed by atoms with E-state index in [0.29, 0.717) is 0 Å². The van der Waals surface area contributed by atoms with E-state index in [9.17, 15) is 0 Å². The topological polar surface area (TPSA) is 18.5 Å². The molecule has 19 heavy (non-hydrogen) atoms. The zero-order chi connectivity index (χ0) is 14.3. The summed E-state index contributed by atoms with van der Waals surface area (Å²) in [6, 6.07) is 0. The Bertz CT molecular complexity index is 169. The second-order valence-electron chi connectivity index (χ2n) is 5.81. The van der Waals surface area contributed by atoms with Crippen LogP contribution in [0.5, 0.6) is 0 Å². The van der Waals surface area contributed by atoms with Crippen molar-refractivity contribution >= 4 is 0 Å². The Kier molecular flexibility index (Phi) is 14.3. The van der Waals surface area contributed by atoms with Gasteiger partial charge in [0.2, 0.25) is 0 Å². The summed E-state index contributed by atoms with van der Waals surface area (Å²) < 4.78 is 11.1. The molecule has 0 aliphatic heterocycles. The highest BCUT2D eigenvalue weighted by atomic mass is 16.7. The van der Waals surface area contributed by atoms with E-state index < -0.39 is 0 Å². The van der Waals surface area contributed by atoms with Crippen LogP contribution in [0.4, 0.5) is 0 Å². The van der Waals surface area contributed by atoms with E-state index in [1.807, 2.05) is 20.8 Å². The Hall–Kier alpha value is -0.0800. The van der Waals surface area contributed by atoms with Gasteiger partial charge in [-0.05, 0) is 27.2 Å². The molecule has 0 saturated heterocycles. The lowest BCUT2D eigenvalue weighted by atomic mass is 10.1. The van der Waals surface area contributed by atoms with E-state index in [2.05, 4.69) is 6.92 Å². The molecule has 0 fully saturated rings. The van der Waals surface area contributed by atoms with Crippen LogP contribution < -0.4 is 0 Å². The summed E-state index contributed by atoms with van der Waals surface area (Å²) in [4.78, 5) is 0. The van der Waals surface area contributed by atoms with Gasteiger partial charge in [-0.15, -0.1) is 0 Å². The fourth-order valence-corrected chi connectivity index (χ4v) is 2.26. The minimum absolute atomic E-state index is 0.0569. The van der Waals surface area contributed by atoms with Crippen LogP contribution in [0.3, 0.4) is 0 Å². The highest BCUT2D eigenvalue weighted by Gasteiger charge is 2.03. The lowest BCUT2D eigenvalue weighted by Crippen LogP contribution is -2.18. The molecule has 0 aromatic rings. The summed E-state index contributed by atoms with van der Waals surface area (Å²) in [6.45, 7) is 9.18. The van der Waals surface area contributed by atoms with Gasteiger partial charge in [-0.3, -0.25) is 0 Å². The maximum Gasteiger partial charge on any atom is 0.155 e. The summed E-state index contributed by atoms with van der Waals surface area (Å²) in [5, 5.41) is 0. The molecule has 0 bridgehead atoms. The Morgan fingerprint density at radius 3 is 1.63 bits per heavy atom. The van der Waals surface area contributed by atoms with E-state index in [4.69, 9.17) is 9.47 Å². The van der Waals surface area contributed by atoms with Crippen LogP contribution in [0.25, 0.3) is 0 Å². The lowest BCUT2D eigenvalue weighted by Gasteiger charge is -2.16. The van der Waals surface area contributed by atoms with Gasteiger partial charge >= 0.3 is 0 Å². The van der Waals surface area contributed by atoms with Crippen molar-refractivity contribution in [2.45, 2.75) is 104 Å². The van der Waals surface area contributed by atoms with E-state index in [1.54, 1.807) is 0 Å². The first-order valence-corrected chi connectivity index (χ1v) is 8.43. The van der Waals surface area contributed by atoms with Crippen LogP contribution in [0.15, 0.2) is 0 Å². The number of rotatable bonds is 14. The van der Waals surface area contributed by atoms with Crippen LogP contribution in [-0.4, -0.2) is 19.0 Å². The van der Waals surface area contributed by atoms with Gasteiger partial charge in [0.05, 0.1) is 6.10 Å². The van der Waals surface area contributed by atoms with Crippen LogP contribution in [0.2, 0.25) is 0 Å². The molecule has 0 radical (unpaired) electrons. The molecule has 2 nitrogen and oxygen atoms in total. The van der Waals surface area contributed by atoms with Gasteiger partial charge in [0.25, 0.3) is 0 Å². The molecular formula is C17H36O2. The molecule has 0 aromatic carbocycles. The van der Waals surface area contributed by atoms with Crippen LogP contribution in [-0.2, 0) is 9.47 Å². The third-order valence-electron chi connectivity index (χ3n) is 3.31. The smallest absolute Gasteiger partial charge is 0.155 e. The Morgan fingerprint density at radius 1 is 0.684 bits per heavy atom. The third-order valence-corrected chi connectivity index (χ3v) is 3.31. The first kappa shape index (κ1) is 18.9. The Labute approximate surface area is 121 Å². The summed E-state index contributed by atoms with van der Waals surface area (Å²) >= 11 is 0. The van der Waals surface area contributed by atoms with Crippen molar-refractivity contribution in [1.29, 1.82) is 0 Å². The van der Waals surface area contributed by atoms with Crippen molar-refractivity contribution in [3.63, 3.8) is 0 Å². The zero-order valence-electron chi connectivity index (χ0n) is 13.7. The number of hydrogen-bond donors (Lipinski definition) is 0. The largest absolute Gasteiger partial charge is 0.353 e. The maximum absolute atomic E-state index is 5.60. The molecule has 0 amide bonds. The van der Waals surface area contributed by atoms with Crippen LogP contribution in [0.1, 0.15) is 91.9 Å². The van der Waals surface area contributed by atoms with Crippen molar-refractivity contribution in [1.82, 2.24) is 0 Å². The van der Waals surface area contributed by atoms with Gasteiger partial charge in [-0.1, -0.05) is 64.7 Å².